The van der Waals surface area contributed by atoms with Gasteiger partial charge in [-0.2, -0.15) is 8.42 Å². The fourth-order valence-corrected chi connectivity index (χ4v) is 2.95. The zero-order valence-electron chi connectivity index (χ0n) is 11.6. The normalized spacial score (nSPS) is 12.9. The van der Waals surface area contributed by atoms with Gasteiger partial charge in [0.05, 0.1) is 0 Å². The summed E-state index contributed by atoms with van der Waals surface area (Å²) in [6, 6.07) is 15.2. The molecule has 2 rings (SSSR count). The maximum atomic E-state index is 12.2. The molecule has 0 saturated carbocycles. The number of aryl methyl sites for hydroxylation is 1. The SMILES string of the molecule is Cc1ccc(C(CC(=O)c2ccccc2)S(=O)(=O)O)cc1. The van der Waals surface area contributed by atoms with Crippen molar-refractivity contribution < 1.29 is 17.8 Å². The van der Waals surface area contributed by atoms with Crippen LogP contribution in [0.1, 0.15) is 33.2 Å². The Bertz CT molecular complexity index is 719. The lowest BCUT2D eigenvalue weighted by molar-refractivity contribution is 0.0979. The van der Waals surface area contributed by atoms with E-state index in [0.717, 1.165) is 5.56 Å². The van der Waals surface area contributed by atoms with Gasteiger partial charge in [-0.3, -0.25) is 9.35 Å². The molecule has 21 heavy (non-hydrogen) atoms. The molecule has 2 aromatic carbocycles. The van der Waals surface area contributed by atoms with Crippen LogP contribution in [-0.4, -0.2) is 18.8 Å². The average molecular weight is 304 g/mol. The van der Waals surface area contributed by atoms with Crippen molar-refractivity contribution >= 4 is 15.9 Å². The summed E-state index contributed by atoms with van der Waals surface area (Å²) in [7, 11) is -4.35. The first-order valence-electron chi connectivity index (χ1n) is 6.49. The lowest BCUT2D eigenvalue weighted by Gasteiger charge is -2.14. The molecule has 0 radical (unpaired) electrons. The van der Waals surface area contributed by atoms with Gasteiger partial charge >= 0.3 is 0 Å². The van der Waals surface area contributed by atoms with E-state index in [9.17, 15) is 17.8 Å². The molecule has 5 heteroatoms. The van der Waals surface area contributed by atoms with Gasteiger partial charge in [-0.25, -0.2) is 0 Å². The number of carbonyl (C=O) groups excluding carboxylic acids is 1. The van der Waals surface area contributed by atoms with Gasteiger partial charge in [-0.15, -0.1) is 0 Å². The van der Waals surface area contributed by atoms with E-state index < -0.39 is 15.4 Å². The summed E-state index contributed by atoms with van der Waals surface area (Å²) in [5.74, 6) is -0.321. The highest BCUT2D eigenvalue weighted by Gasteiger charge is 2.28. The topological polar surface area (TPSA) is 71.4 Å². The summed E-state index contributed by atoms with van der Waals surface area (Å²) >= 11 is 0. The smallest absolute Gasteiger partial charge is 0.272 e. The van der Waals surface area contributed by atoms with E-state index in [4.69, 9.17) is 0 Å². The molecule has 0 bridgehead atoms. The van der Waals surface area contributed by atoms with Crippen LogP contribution in [0.15, 0.2) is 54.6 Å². The lowest BCUT2D eigenvalue weighted by atomic mass is 10.0. The van der Waals surface area contributed by atoms with Crippen molar-refractivity contribution in [2.75, 3.05) is 0 Å². The lowest BCUT2D eigenvalue weighted by Crippen LogP contribution is -2.16. The number of carbonyl (C=O) groups is 1. The molecule has 0 spiro atoms. The maximum Gasteiger partial charge on any atom is 0.272 e. The third-order valence-corrected chi connectivity index (χ3v) is 4.43. The molecular formula is C16H16O4S. The Morgan fingerprint density at radius 3 is 2.14 bits per heavy atom. The van der Waals surface area contributed by atoms with Crippen LogP contribution in [-0.2, 0) is 10.1 Å². The predicted octanol–water partition coefficient (Wildman–Crippen LogP) is 3.20. The summed E-state index contributed by atoms with van der Waals surface area (Å²) in [5.41, 5.74) is 1.81. The second-order valence-corrected chi connectivity index (χ2v) is 6.51. The summed E-state index contributed by atoms with van der Waals surface area (Å²) < 4.78 is 32.6. The van der Waals surface area contributed by atoms with Gasteiger partial charge in [-0.1, -0.05) is 60.2 Å². The van der Waals surface area contributed by atoms with Gasteiger partial charge in [0.2, 0.25) is 0 Å². The monoisotopic (exact) mass is 304 g/mol. The molecule has 1 N–H and O–H groups in total. The van der Waals surface area contributed by atoms with E-state index in [-0.39, 0.29) is 12.2 Å². The van der Waals surface area contributed by atoms with Gasteiger partial charge in [0.25, 0.3) is 10.1 Å². The highest BCUT2D eigenvalue weighted by atomic mass is 32.2. The molecular weight excluding hydrogens is 288 g/mol. The van der Waals surface area contributed by atoms with E-state index in [0.29, 0.717) is 11.1 Å². The van der Waals surface area contributed by atoms with E-state index in [2.05, 4.69) is 0 Å². The first-order chi connectivity index (χ1) is 9.88. The van der Waals surface area contributed by atoms with Crippen LogP contribution in [0.3, 0.4) is 0 Å². The highest BCUT2D eigenvalue weighted by molar-refractivity contribution is 7.86. The van der Waals surface area contributed by atoms with Crippen LogP contribution >= 0.6 is 0 Å². The average Bonchev–Trinajstić information content (AvgIpc) is 2.45. The molecule has 1 atom stereocenters. The number of ketones is 1. The molecule has 2 aromatic rings. The minimum Gasteiger partial charge on any atom is -0.294 e. The van der Waals surface area contributed by atoms with Gasteiger partial charge in [0, 0.05) is 12.0 Å². The van der Waals surface area contributed by atoms with Crippen molar-refractivity contribution in [3.05, 3.63) is 71.3 Å². The molecule has 4 nitrogen and oxygen atoms in total. The number of hydrogen-bond donors (Lipinski definition) is 1. The Morgan fingerprint density at radius 1 is 1.05 bits per heavy atom. The minimum atomic E-state index is -4.35. The fourth-order valence-electron chi connectivity index (χ4n) is 2.09. The maximum absolute atomic E-state index is 12.2. The number of Topliss-reactive ketones (excluding diaryl/α,β-unsaturated/α-hetero) is 1. The summed E-state index contributed by atoms with van der Waals surface area (Å²) in [6.45, 7) is 1.88. The number of hydrogen-bond acceptors (Lipinski definition) is 3. The third-order valence-electron chi connectivity index (χ3n) is 3.28. The molecule has 110 valence electrons. The predicted molar refractivity (Wildman–Crippen MR) is 80.9 cm³/mol. The molecule has 0 saturated heterocycles. The third kappa shape index (κ3) is 4.00. The highest BCUT2D eigenvalue weighted by Crippen LogP contribution is 2.27. The van der Waals surface area contributed by atoms with Gasteiger partial charge in [0.1, 0.15) is 5.25 Å². The molecule has 0 amide bonds. The second-order valence-electron chi connectivity index (χ2n) is 4.91. The minimum absolute atomic E-state index is 0.286. The van der Waals surface area contributed by atoms with Crippen molar-refractivity contribution in [3.63, 3.8) is 0 Å². The van der Waals surface area contributed by atoms with E-state index in [1.165, 1.54) is 0 Å². The van der Waals surface area contributed by atoms with Gasteiger partial charge in [0.15, 0.2) is 5.78 Å². The summed E-state index contributed by atoms with van der Waals surface area (Å²) in [4.78, 5) is 12.2. The van der Waals surface area contributed by atoms with Crippen molar-refractivity contribution in [1.29, 1.82) is 0 Å². The van der Waals surface area contributed by atoms with E-state index >= 15 is 0 Å². The summed E-state index contributed by atoms with van der Waals surface area (Å²) in [5, 5.41) is -1.24. The standard InChI is InChI=1S/C16H16O4S/c1-12-7-9-14(10-8-12)16(21(18,19)20)11-15(17)13-5-3-2-4-6-13/h2-10,16H,11H2,1H3,(H,18,19,20). The molecule has 1 unspecified atom stereocenters. The van der Waals surface area contributed by atoms with Crippen molar-refractivity contribution in [3.8, 4) is 0 Å². The van der Waals surface area contributed by atoms with Crippen LogP contribution < -0.4 is 0 Å². The fraction of sp³-hybridized carbons (Fsp3) is 0.188. The molecule has 0 fully saturated rings. The Balaban J connectivity index is 2.30. The Hall–Kier alpha value is -1.98. The molecule has 0 aliphatic heterocycles. The van der Waals surface area contributed by atoms with Crippen LogP contribution in [0.4, 0.5) is 0 Å². The van der Waals surface area contributed by atoms with Crippen molar-refractivity contribution in [1.82, 2.24) is 0 Å². The van der Waals surface area contributed by atoms with Crippen molar-refractivity contribution in [2.45, 2.75) is 18.6 Å². The Labute approximate surface area is 124 Å². The van der Waals surface area contributed by atoms with Crippen molar-refractivity contribution in [2.24, 2.45) is 0 Å². The molecule has 0 aromatic heterocycles. The van der Waals surface area contributed by atoms with Gasteiger partial charge < -0.3 is 0 Å². The molecule has 0 aliphatic rings. The number of rotatable bonds is 5. The Morgan fingerprint density at radius 2 is 1.62 bits per heavy atom. The molecule has 0 heterocycles. The van der Waals surface area contributed by atoms with E-state index in [1.54, 1.807) is 54.6 Å². The van der Waals surface area contributed by atoms with Crippen LogP contribution in [0.2, 0.25) is 0 Å². The summed E-state index contributed by atoms with van der Waals surface area (Å²) in [6.07, 6.45) is -0.286. The zero-order chi connectivity index (χ0) is 15.5. The number of benzene rings is 2. The first-order valence-corrected chi connectivity index (χ1v) is 7.99. The quantitative estimate of drug-likeness (QED) is 0.680. The first kappa shape index (κ1) is 15.4. The Kier molecular flexibility index (Phi) is 4.55. The molecule has 0 aliphatic carbocycles. The van der Waals surface area contributed by atoms with Crippen LogP contribution in [0, 0.1) is 6.92 Å². The second kappa shape index (κ2) is 6.20. The van der Waals surface area contributed by atoms with E-state index in [1.807, 2.05) is 6.92 Å². The van der Waals surface area contributed by atoms with Gasteiger partial charge in [-0.05, 0) is 12.5 Å². The van der Waals surface area contributed by atoms with Crippen LogP contribution in [0.25, 0.3) is 0 Å². The van der Waals surface area contributed by atoms with Crippen LogP contribution in [0.5, 0.6) is 0 Å². The largest absolute Gasteiger partial charge is 0.294 e. The zero-order valence-corrected chi connectivity index (χ0v) is 12.4.